The van der Waals surface area contributed by atoms with Crippen LogP contribution in [0.25, 0.3) is 11.2 Å². The summed E-state index contributed by atoms with van der Waals surface area (Å²) in [6.07, 6.45) is 5.52. The van der Waals surface area contributed by atoms with Crippen LogP contribution in [0.5, 0.6) is 0 Å². The van der Waals surface area contributed by atoms with Crippen molar-refractivity contribution in [2.45, 2.75) is 96.0 Å². The molecule has 12 heteroatoms. The first-order valence-electron chi connectivity index (χ1n) is 13.2. The SMILES string of the molecule is C=C(C)[C@@H]1CC[C@]2(C)S[P@](=S)(O[C@H]3C[C@H](n4cnc5c(=O)[nH]c(NCC(C)C)nc54)O[C@@H]3CC)O[C@H]2C1. The minimum absolute atomic E-state index is 0.0209. The molecule has 0 unspecified atom stereocenters. The molecule has 0 bridgehead atoms. The van der Waals surface area contributed by atoms with Gasteiger partial charge in [-0.3, -0.25) is 14.3 Å². The Kier molecular flexibility index (Phi) is 7.68. The minimum atomic E-state index is -2.55. The van der Waals surface area contributed by atoms with Gasteiger partial charge in [-0.2, -0.15) is 4.98 Å². The van der Waals surface area contributed by atoms with Crippen molar-refractivity contribution in [3.05, 3.63) is 28.8 Å². The van der Waals surface area contributed by atoms with Gasteiger partial charge in [-0.25, -0.2) is 4.98 Å². The first kappa shape index (κ1) is 27.3. The molecule has 0 amide bonds. The van der Waals surface area contributed by atoms with Crippen molar-refractivity contribution in [2.75, 3.05) is 11.9 Å². The Hall–Kier alpha value is -1.23. The lowest BCUT2D eigenvalue weighted by Gasteiger charge is -2.37. The van der Waals surface area contributed by atoms with Crippen LogP contribution in [0.15, 0.2) is 23.3 Å². The van der Waals surface area contributed by atoms with Crippen LogP contribution in [0.4, 0.5) is 5.95 Å². The lowest BCUT2D eigenvalue weighted by Crippen LogP contribution is -2.39. The molecule has 2 N–H and O–H groups in total. The Labute approximate surface area is 227 Å². The molecular formula is C25H38N5O4PS2. The van der Waals surface area contributed by atoms with Crippen molar-refractivity contribution in [3.63, 3.8) is 0 Å². The van der Waals surface area contributed by atoms with Gasteiger partial charge in [-0.15, -0.1) is 0 Å². The number of anilines is 1. The zero-order valence-corrected chi connectivity index (χ0v) is 24.8. The number of allylic oxidation sites excluding steroid dienone is 1. The maximum atomic E-state index is 12.6. The molecule has 37 heavy (non-hydrogen) atoms. The molecule has 0 spiro atoms. The molecule has 7 atom stereocenters. The van der Waals surface area contributed by atoms with Crippen molar-refractivity contribution >= 4 is 46.0 Å². The van der Waals surface area contributed by atoms with E-state index in [1.807, 2.05) is 4.57 Å². The lowest BCUT2D eigenvalue weighted by atomic mass is 9.77. The minimum Gasteiger partial charge on any atom is -0.355 e. The summed E-state index contributed by atoms with van der Waals surface area (Å²) >= 11 is 7.80. The molecule has 2 aromatic heterocycles. The Morgan fingerprint density at radius 3 is 2.97 bits per heavy atom. The van der Waals surface area contributed by atoms with E-state index in [0.717, 1.165) is 25.7 Å². The van der Waals surface area contributed by atoms with Crippen LogP contribution >= 0.6 is 17.1 Å². The third-order valence-corrected chi connectivity index (χ3v) is 13.5. The topological polar surface area (TPSA) is 103 Å². The third kappa shape index (κ3) is 5.45. The van der Waals surface area contributed by atoms with E-state index in [1.165, 1.54) is 5.57 Å². The molecule has 1 aliphatic carbocycles. The predicted octanol–water partition coefficient (Wildman–Crippen LogP) is 5.76. The fraction of sp³-hybridized carbons (Fsp3) is 0.720. The van der Waals surface area contributed by atoms with Gasteiger partial charge in [0.1, 0.15) is 6.23 Å². The quantitative estimate of drug-likeness (QED) is 0.304. The van der Waals surface area contributed by atoms with Crippen LogP contribution in [0.3, 0.4) is 0 Å². The molecule has 5 rings (SSSR count). The third-order valence-electron chi connectivity index (χ3n) is 7.71. The van der Waals surface area contributed by atoms with Gasteiger partial charge in [-0.1, -0.05) is 44.3 Å². The number of nitrogens with one attached hydrogen (secondary N) is 2. The van der Waals surface area contributed by atoms with Gasteiger partial charge in [0.15, 0.2) is 11.2 Å². The summed E-state index contributed by atoms with van der Waals surface area (Å²) in [5, 5.41) is 3.20. The Morgan fingerprint density at radius 1 is 1.49 bits per heavy atom. The van der Waals surface area contributed by atoms with Crippen LogP contribution in [-0.4, -0.2) is 49.1 Å². The van der Waals surface area contributed by atoms with E-state index in [0.29, 0.717) is 41.9 Å². The van der Waals surface area contributed by atoms with Crippen LogP contribution in [0.2, 0.25) is 0 Å². The Morgan fingerprint density at radius 2 is 2.27 bits per heavy atom. The number of H-pyrrole nitrogens is 1. The van der Waals surface area contributed by atoms with Gasteiger partial charge in [0.05, 0.1) is 24.6 Å². The van der Waals surface area contributed by atoms with Gasteiger partial charge < -0.3 is 19.1 Å². The Bertz CT molecular complexity index is 1280. The highest BCUT2D eigenvalue weighted by atomic mass is 32.9. The zero-order chi connectivity index (χ0) is 26.5. The first-order valence-corrected chi connectivity index (χ1v) is 17.3. The molecule has 4 heterocycles. The number of ether oxygens (including phenoxy) is 1. The van der Waals surface area contributed by atoms with Crippen LogP contribution < -0.4 is 10.9 Å². The predicted molar refractivity (Wildman–Crippen MR) is 152 cm³/mol. The highest BCUT2D eigenvalue weighted by Crippen LogP contribution is 2.76. The van der Waals surface area contributed by atoms with Gasteiger partial charge in [0.25, 0.3) is 5.56 Å². The molecule has 0 aromatic carbocycles. The van der Waals surface area contributed by atoms with Gasteiger partial charge in [-0.05, 0) is 63.2 Å². The van der Waals surface area contributed by atoms with E-state index >= 15 is 0 Å². The summed E-state index contributed by atoms with van der Waals surface area (Å²) in [6, 6.07) is 0. The number of fused-ring (bicyclic) bond motifs is 2. The van der Waals surface area contributed by atoms with Crippen molar-refractivity contribution < 1.29 is 13.8 Å². The maximum absolute atomic E-state index is 12.6. The van der Waals surface area contributed by atoms with Gasteiger partial charge >= 0.3 is 0 Å². The monoisotopic (exact) mass is 567 g/mol. The average molecular weight is 568 g/mol. The summed E-state index contributed by atoms with van der Waals surface area (Å²) in [5.74, 6) is 1.32. The van der Waals surface area contributed by atoms with Crippen LogP contribution in [0, 0.1) is 11.8 Å². The summed E-state index contributed by atoms with van der Waals surface area (Å²) in [4.78, 5) is 24.4. The molecule has 0 radical (unpaired) electrons. The highest BCUT2D eigenvalue weighted by Gasteiger charge is 2.54. The fourth-order valence-corrected chi connectivity index (χ4v) is 13.1. The average Bonchev–Trinajstić information content (AvgIpc) is 3.49. The van der Waals surface area contributed by atoms with E-state index in [4.69, 9.17) is 25.6 Å². The smallest absolute Gasteiger partial charge is 0.280 e. The molecule has 3 aliphatic rings. The van der Waals surface area contributed by atoms with Crippen LogP contribution in [-0.2, 0) is 25.6 Å². The van der Waals surface area contributed by atoms with E-state index in [1.54, 1.807) is 17.7 Å². The van der Waals surface area contributed by atoms with Crippen molar-refractivity contribution in [3.8, 4) is 0 Å². The Balaban J connectivity index is 1.34. The normalized spacial score (nSPS) is 35.8. The van der Waals surface area contributed by atoms with Crippen molar-refractivity contribution in [2.24, 2.45) is 11.8 Å². The second-order valence-electron chi connectivity index (χ2n) is 11.2. The molecule has 2 aliphatic heterocycles. The summed E-state index contributed by atoms with van der Waals surface area (Å²) < 4.78 is 21.4. The number of rotatable bonds is 8. The maximum Gasteiger partial charge on any atom is 0.280 e. The standard InChI is InChI=1S/C25H38N5O4PS2/c1-7-17-18(33-35(36)34-19-10-16(15(4)5)8-9-25(19,6)37-35)11-20(32-17)30-13-27-21-22(30)28-24(29-23(21)31)26-12-14(2)3/h13-14,16-20H,4,7-12H2,1-3,5-6H3,(H2,26,28,29,31)/t16-,17-,18+,19+,20-,25+,35-/m1/s1. The van der Waals surface area contributed by atoms with Crippen molar-refractivity contribution in [1.82, 2.24) is 19.5 Å². The molecule has 9 nitrogen and oxygen atoms in total. The number of imidazole rings is 1. The molecule has 1 saturated carbocycles. The lowest BCUT2D eigenvalue weighted by molar-refractivity contribution is -0.0151. The number of aromatic amines is 1. The van der Waals surface area contributed by atoms with Crippen molar-refractivity contribution in [1.29, 1.82) is 0 Å². The molecule has 3 fully saturated rings. The van der Waals surface area contributed by atoms with Crippen LogP contribution in [0.1, 0.15) is 73.0 Å². The summed E-state index contributed by atoms with van der Waals surface area (Å²) in [7, 11) is 0. The number of nitrogens with zero attached hydrogens (tertiary/aromatic N) is 3. The van der Waals surface area contributed by atoms with Gasteiger partial charge in [0.2, 0.25) is 11.6 Å². The fourth-order valence-electron chi connectivity index (χ4n) is 5.46. The number of aromatic nitrogens is 4. The highest BCUT2D eigenvalue weighted by molar-refractivity contribution is 8.68. The van der Waals surface area contributed by atoms with E-state index < -0.39 is 5.69 Å². The molecule has 2 aromatic rings. The second kappa shape index (κ2) is 10.4. The molecule has 2 saturated heterocycles. The second-order valence-corrected chi connectivity index (χ2v) is 17.7. The van der Waals surface area contributed by atoms with Gasteiger partial charge in [0, 0.05) is 17.7 Å². The van der Waals surface area contributed by atoms with E-state index in [9.17, 15) is 4.79 Å². The number of hydrogen-bond donors (Lipinski definition) is 2. The first-order chi connectivity index (χ1) is 17.5. The summed E-state index contributed by atoms with van der Waals surface area (Å²) in [5.41, 5.74) is -0.815. The van der Waals surface area contributed by atoms with E-state index in [2.05, 4.69) is 61.5 Å². The molecular weight excluding hydrogens is 529 g/mol. The zero-order valence-electron chi connectivity index (χ0n) is 22.2. The number of hydrogen-bond acceptors (Lipinski definition) is 9. The van der Waals surface area contributed by atoms with E-state index in [-0.39, 0.29) is 34.8 Å². The molecule has 204 valence electrons. The summed E-state index contributed by atoms with van der Waals surface area (Å²) in [6.45, 7) is 15.5. The largest absolute Gasteiger partial charge is 0.355 e.